The molecule has 7 nitrogen and oxygen atoms in total. The maximum absolute atomic E-state index is 12.7. The van der Waals surface area contributed by atoms with Crippen molar-refractivity contribution < 1.29 is 13.5 Å². The van der Waals surface area contributed by atoms with Crippen molar-refractivity contribution in [3.05, 3.63) is 40.4 Å². The predicted octanol–water partition coefficient (Wildman–Crippen LogP) is 0.737. The Hall–Kier alpha value is -1.29. The highest BCUT2D eigenvalue weighted by Gasteiger charge is 2.30. The van der Waals surface area contributed by atoms with Crippen LogP contribution in [0.2, 0.25) is 0 Å². The third-order valence-corrected chi connectivity index (χ3v) is 6.22. The first-order valence-corrected chi connectivity index (χ1v) is 8.52. The monoisotopic (exact) mass is 372 g/mol. The van der Waals surface area contributed by atoms with Crippen molar-refractivity contribution in [1.82, 2.24) is 19.1 Å². The number of halogens is 1. The van der Waals surface area contributed by atoms with E-state index < -0.39 is 10.0 Å². The molecule has 0 saturated heterocycles. The number of fused-ring (bicyclic) bond motifs is 1. The lowest BCUT2D eigenvalue weighted by atomic mass is 10.2. The van der Waals surface area contributed by atoms with Crippen LogP contribution in [-0.4, -0.2) is 39.1 Å². The number of rotatable bonds is 3. The Morgan fingerprint density at radius 2 is 2.14 bits per heavy atom. The van der Waals surface area contributed by atoms with Crippen LogP contribution in [0.1, 0.15) is 11.4 Å². The summed E-state index contributed by atoms with van der Waals surface area (Å²) in [6.45, 7) is 0.984. The summed E-state index contributed by atoms with van der Waals surface area (Å²) < 4.78 is 29.1. The van der Waals surface area contributed by atoms with Gasteiger partial charge in [-0.1, -0.05) is 6.07 Å². The van der Waals surface area contributed by atoms with Gasteiger partial charge in [-0.05, 0) is 33.6 Å². The molecule has 1 aliphatic rings. The molecule has 1 N–H and O–H groups in total. The van der Waals surface area contributed by atoms with E-state index in [0.717, 1.165) is 0 Å². The van der Waals surface area contributed by atoms with Crippen molar-refractivity contribution in [1.29, 1.82) is 0 Å². The zero-order chi connectivity index (χ0) is 15.0. The Morgan fingerprint density at radius 3 is 2.86 bits per heavy atom. The lowest BCUT2D eigenvalue weighted by Crippen LogP contribution is -2.38. The second kappa shape index (κ2) is 5.48. The molecule has 0 atom stereocenters. The van der Waals surface area contributed by atoms with E-state index in [2.05, 4.69) is 26.1 Å². The smallest absolute Gasteiger partial charge is 0.244 e. The Balaban J connectivity index is 1.95. The highest BCUT2D eigenvalue weighted by molar-refractivity contribution is 9.10. The Labute approximate surface area is 130 Å². The van der Waals surface area contributed by atoms with E-state index >= 15 is 0 Å². The number of hydrogen-bond donors (Lipinski definition) is 1. The molecule has 1 aromatic heterocycles. The van der Waals surface area contributed by atoms with Crippen LogP contribution in [0.15, 0.2) is 33.9 Å². The van der Waals surface area contributed by atoms with Gasteiger partial charge in [-0.2, -0.15) is 4.31 Å². The maximum atomic E-state index is 12.7. The van der Waals surface area contributed by atoms with E-state index in [1.165, 1.54) is 10.4 Å². The summed E-state index contributed by atoms with van der Waals surface area (Å²) >= 11 is 3.26. The van der Waals surface area contributed by atoms with Crippen molar-refractivity contribution in [2.24, 2.45) is 0 Å². The maximum Gasteiger partial charge on any atom is 0.244 e. The van der Waals surface area contributed by atoms with Crippen LogP contribution >= 0.6 is 15.9 Å². The average Bonchev–Trinajstić information content (AvgIpc) is 2.94. The van der Waals surface area contributed by atoms with Gasteiger partial charge in [-0.3, -0.25) is 0 Å². The van der Waals surface area contributed by atoms with Gasteiger partial charge in [-0.25, -0.2) is 8.42 Å². The molecule has 21 heavy (non-hydrogen) atoms. The van der Waals surface area contributed by atoms with E-state index in [9.17, 15) is 8.42 Å². The van der Waals surface area contributed by atoms with Crippen LogP contribution in [0.4, 0.5) is 0 Å². The van der Waals surface area contributed by atoms with Gasteiger partial charge >= 0.3 is 0 Å². The molecule has 112 valence electrons. The molecular formula is C12H13BrN4O3S. The summed E-state index contributed by atoms with van der Waals surface area (Å²) in [7, 11) is -3.61. The highest BCUT2D eigenvalue weighted by Crippen LogP contribution is 2.28. The van der Waals surface area contributed by atoms with Crippen LogP contribution in [0.5, 0.6) is 0 Å². The van der Waals surface area contributed by atoms with Crippen molar-refractivity contribution in [2.75, 3.05) is 6.54 Å². The molecule has 2 aromatic rings. The van der Waals surface area contributed by atoms with E-state index in [0.29, 0.717) is 29.0 Å². The summed E-state index contributed by atoms with van der Waals surface area (Å²) in [4.78, 5) is 0.188. The molecule has 9 heteroatoms. The van der Waals surface area contributed by atoms with E-state index in [4.69, 9.17) is 5.11 Å². The van der Waals surface area contributed by atoms with Crippen LogP contribution in [0.25, 0.3) is 0 Å². The van der Waals surface area contributed by atoms with Gasteiger partial charge in [0.15, 0.2) is 0 Å². The molecule has 3 rings (SSSR count). The topological polar surface area (TPSA) is 88.3 Å². The highest BCUT2D eigenvalue weighted by atomic mass is 79.9. The van der Waals surface area contributed by atoms with Gasteiger partial charge in [0, 0.05) is 17.6 Å². The van der Waals surface area contributed by atoms with Gasteiger partial charge in [0.2, 0.25) is 10.0 Å². The average molecular weight is 373 g/mol. The number of hydrogen-bond acceptors (Lipinski definition) is 5. The normalized spacial score (nSPS) is 15.9. The Morgan fingerprint density at radius 1 is 1.33 bits per heavy atom. The van der Waals surface area contributed by atoms with Crippen molar-refractivity contribution in [3.8, 4) is 0 Å². The largest absolute Gasteiger partial charge is 0.392 e. The molecule has 0 spiro atoms. The first-order valence-electron chi connectivity index (χ1n) is 6.28. The van der Waals surface area contributed by atoms with Gasteiger partial charge in [0.25, 0.3) is 0 Å². The summed E-state index contributed by atoms with van der Waals surface area (Å²) in [5, 5.41) is 16.8. The molecule has 1 aromatic carbocycles. The molecule has 0 amide bonds. The standard InChI is InChI=1S/C12H13BrN4O3S/c13-10-5-9(7-18)1-2-11(10)21(19,20)17-4-3-16-8-14-15-12(16)6-17/h1-2,5,8,18H,3-4,6-7H2. The van der Waals surface area contributed by atoms with Crippen molar-refractivity contribution in [2.45, 2.75) is 24.6 Å². The number of aliphatic hydroxyl groups is 1. The minimum Gasteiger partial charge on any atom is -0.392 e. The molecule has 1 aliphatic heterocycles. The third-order valence-electron chi connectivity index (χ3n) is 3.40. The lowest BCUT2D eigenvalue weighted by Gasteiger charge is -2.26. The summed E-state index contributed by atoms with van der Waals surface area (Å²) in [5.74, 6) is 0.632. The number of aromatic nitrogens is 3. The molecule has 2 heterocycles. The number of benzene rings is 1. The van der Waals surface area contributed by atoms with Gasteiger partial charge in [-0.15, -0.1) is 10.2 Å². The molecule has 0 saturated carbocycles. The van der Waals surface area contributed by atoms with Gasteiger partial charge < -0.3 is 9.67 Å². The summed E-state index contributed by atoms with van der Waals surface area (Å²) in [6, 6.07) is 4.72. The molecular weight excluding hydrogens is 360 g/mol. The Kier molecular flexibility index (Phi) is 3.82. The summed E-state index contributed by atoms with van der Waals surface area (Å²) in [5.41, 5.74) is 0.652. The Bertz CT molecular complexity index is 775. The fourth-order valence-electron chi connectivity index (χ4n) is 2.24. The fraction of sp³-hybridized carbons (Fsp3) is 0.333. The second-order valence-electron chi connectivity index (χ2n) is 4.70. The fourth-order valence-corrected chi connectivity index (χ4v) is 4.71. The third kappa shape index (κ3) is 2.61. The molecule has 0 unspecified atom stereocenters. The number of aliphatic hydroxyl groups excluding tert-OH is 1. The second-order valence-corrected chi connectivity index (χ2v) is 7.46. The van der Waals surface area contributed by atoms with Crippen LogP contribution in [-0.2, 0) is 29.7 Å². The van der Waals surface area contributed by atoms with Gasteiger partial charge in [0.05, 0.1) is 18.0 Å². The van der Waals surface area contributed by atoms with Gasteiger partial charge in [0.1, 0.15) is 12.2 Å². The predicted molar refractivity (Wildman–Crippen MR) is 77.7 cm³/mol. The quantitative estimate of drug-likeness (QED) is 0.858. The molecule has 0 aliphatic carbocycles. The molecule has 0 radical (unpaired) electrons. The SMILES string of the molecule is O=S(=O)(c1ccc(CO)cc1Br)N1CCn2cnnc2C1. The zero-order valence-electron chi connectivity index (χ0n) is 11.0. The summed E-state index contributed by atoms with van der Waals surface area (Å²) in [6.07, 6.45) is 1.60. The molecule has 0 fully saturated rings. The van der Waals surface area contributed by atoms with E-state index in [1.807, 2.05) is 4.57 Å². The number of sulfonamides is 1. The minimum atomic E-state index is -3.61. The van der Waals surface area contributed by atoms with Crippen LogP contribution in [0, 0.1) is 0 Å². The lowest BCUT2D eigenvalue weighted by molar-refractivity contribution is 0.281. The zero-order valence-corrected chi connectivity index (χ0v) is 13.4. The van der Waals surface area contributed by atoms with E-state index in [-0.39, 0.29) is 18.0 Å². The van der Waals surface area contributed by atoms with E-state index in [1.54, 1.807) is 18.5 Å². The first-order chi connectivity index (χ1) is 10.0. The van der Waals surface area contributed by atoms with Crippen LogP contribution < -0.4 is 0 Å². The van der Waals surface area contributed by atoms with Crippen LogP contribution in [0.3, 0.4) is 0 Å². The first kappa shape index (κ1) is 14.6. The van der Waals surface area contributed by atoms with Crippen molar-refractivity contribution in [3.63, 3.8) is 0 Å². The number of nitrogens with zero attached hydrogens (tertiary/aromatic N) is 4. The minimum absolute atomic E-state index is 0.133. The molecule has 0 bridgehead atoms. The van der Waals surface area contributed by atoms with Crippen molar-refractivity contribution >= 4 is 26.0 Å².